The lowest BCUT2D eigenvalue weighted by molar-refractivity contribution is 0.198. The van der Waals surface area contributed by atoms with Crippen molar-refractivity contribution in [2.45, 2.75) is 65.3 Å². The highest BCUT2D eigenvalue weighted by atomic mass is 15.1. The van der Waals surface area contributed by atoms with Gasteiger partial charge in [0.2, 0.25) is 0 Å². The monoisotopic (exact) mass is 254 g/mol. The Labute approximate surface area is 115 Å². The first-order valence-electron chi connectivity index (χ1n) is 7.79. The van der Waals surface area contributed by atoms with E-state index in [9.17, 15) is 0 Å². The van der Waals surface area contributed by atoms with E-state index in [1.54, 1.807) is 0 Å². The zero-order chi connectivity index (χ0) is 13.6. The fourth-order valence-electron chi connectivity index (χ4n) is 3.26. The number of rotatable bonds is 6. The molecule has 0 amide bonds. The molecular weight excluding hydrogens is 220 g/mol. The van der Waals surface area contributed by atoms with Crippen molar-refractivity contribution in [3.05, 3.63) is 0 Å². The van der Waals surface area contributed by atoms with Gasteiger partial charge in [0, 0.05) is 12.6 Å². The van der Waals surface area contributed by atoms with Gasteiger partial charge < -0.3 is 10.2 Å². The van der Waals surface area contributed by atoms with Crippen LogP contribution in [0.2, 0.25) is 0 Å². The van der Waals surface area contributed by atoms with Crippen molar-refractivity contribution in [2.24, 2.45) is 11.3 Å². The van der Waals surface area contributed by atoms with Gasteiger partial charge in [0.05, 0.1) is 0 Å². The van der Waals surface area contributed by atoms with Crippen LogP contribution in [0.15, 0.2) is 0 Å². The largest absolute Gasteiger partial charge is 0.316 e. The van der Waals surface area contributed by atoms with Crippen LogP contribution in [-0.4, -0.2) is 38.1 Å². The highest BCUT2D eigenvalue weighted by Crippen LogP contribution is 2.25. The molecule has 0 bridgehead atoms. The van der Waals surface area contributed by atoms with Crippen molar-refractivity contribution in [1.82, 2.24) is 10.2 Å². The molecule has 0 heterocycles. The molecule has 1 aliphatic rings. The maximum Gasteiger partial charge on any atom is 0.0125 e. The molecule has 0 spiro atoms. The second-order valence-corrected chi connectivity index (χ2v) is 7.26. The molecule has 1 atom stereocenters. The summed E-state index contributed by atoms with van der Waals surface area (Å²) in [7, 11) is 4.39. The number of nitrogens with one attached hydrogen (secondary N) is 1. The average Bonchev–Trinajstić information content (AvgIpc) is 2.29. The first-order chi connectivity index (χ1) is 8.43. The van der Waals surface area contributed by atoms with Gasteiger partial charge in [-0.05, 0) is 51.2 Å². The smallest absolute Gasteiger partial charge is 0.0125 e. The summed E-state index contributed by atoms with van der Waals surface area (Å²) in [5.74, 6) is 0.964. The lowest BCUT2D eigenvalue weighted by atomic mass is 9.84. The zero-order valence-corrected chi connectivity index (χ0v) is 13.3. The van der Waals surface area contributed by atoms with Crippen molar-refractivity contribution in [3.8, 4) is 0 Å². The van der Waals surface area contributed by atoms with E-state index in [-0.39, 0.29) is 0 Å². The Morgan fingerprint density at radius 1 is 1.17 bits per heavy atom. The minimum atomic E-state index is 0.362. The van der Waals surface area contributed by atoms with E-state index in [1.807, 2.05) is 0 Å². The molecule has 2 nitrogen and oxygen atoms in total. The Bertz CT molecular complexity index is 214. The Morgan fingerprint density at radius 2 is 1.78 bits per heavy atom. The van der Waals surface area contributed by atoms with Crippen LogP contribution in [0.4, 0.5) is 0 Å². The molecule has 0 radical (unpaired) electrons. The van der Waals surface area contributed by atoms with E-state index in [1.165, 1.54) is 51.6 Å². The molecule has 1 saturated carbocycles. The molecule has 1 unspecified atom stereocenters. The third-order valence-corrected chi connectivity index (χ3v) is 4.49. The van der Waals surface area contributed by atoms with Gasteiger partial charge in [-0.3, -0.25) is 0 Å². The summed E-state index contributed by atoms with van der Waals surface area (Å²) in [4.78, 5) is 2.55. The van der Waals surface area contributed by atoms with Crippen LogP contribution in [0.25, 0.3) is 0 Å². The summed E-state index contributed by atoms with van der Waals surface area (Å²) in [6.45, 7) is 9.51. The van der Waals surface area contributed by atoms with Crippen LogP contribution < -0.4 is 5.32 Å². The minimum Gasteiger partial charge on any atom is -0.316 e. The highest BCUT2D eigenvalue weighted by molar-refractivity contribution is 4.80. The van der Waals surface area contributed by atoms with Crippen LogP contribution in [-0.2, 0) is 0 Å². The molecule has 2 heteroatoms. The molecule has 1 fully saturated rings. The molecule has 0 saturated heterocycles. The molecule has 1 aliphatic carbocycles. The summed E-state index contributed by atoms with van der Waals surface area (Å²) in [6, 6.07) is 0.617. The third kappa shape index (κ3) is 5.71. The highest BCUT2D eigenvalue weighted by Gasteiger charge is 2.23. The molecule has 0 aromatic rings. The Balaban J connectivity index is 2.24. The van der Waals surface area contributed by atoms with Crippen LogP contribution in [0, 0.1) is 11.3 Å². The SMILES string of the molecule is CNC(CCN(C)CC1CCCCC1)C(C)(C)C. The van der Waals surface area contributed by atoms with Gasteiger partial charge >= 0.3 is 0 Å². The maximum atomic E-state index is 3.47. The fourth-order valence-corrected chi connectivity index (χ4v) is 3.26. The predicted molar refractivity (Wildman–Crippen MR) is 81.0 cm³/mol. The summed E-state index contributed by atoms with van der Waals surface area (Å²) in [5.41, 5.74) is 0.362. The molecule has 0 aromatic heterocycles. The zero-order valence-electron chi connectivity index (χ0n) is 13.3. The van der Waals surface area contributed by atoms with E-state index in [0.717, 1.165) is 5.92 Å². The van der Waals surface area contributed by atoms with Crippen molar-refractivity contribution in [2.75, 3.05) is 27.2 Å². The van der Waals surface area contributed by atoms with Crippen LogP contribution in [0.3, 0.4) is 0 Å². The molecule has 18 heavy (non-hydrogen) atoms. The molecule has 108 valence electrons. The normalized spacial score (nSPS) is 20.3. The quantitative estimate of drug-likeness (QED) is 0.780. The number of nitrogens with zero attached hydrogens (tertiary/aromatic N) is 1. The second kappa shape index (κ2) is 7.49. The first kappa shape index (κ1) is 16.0. The van der Waals surface area contributed by atoms with E-state index in [4.69, 9.17) is 0 Å². The van der Waals surface area contributed by atoms with Gasteiger partial charge in [-0.15, -0.1) is 0 Å². The van der Waals surface area contributed by atoms with E-state index < -0.39 is 0 Å². The topological polar surface area (TPSA) is 15.3 Å². The Kier molecular flexibility index (Phi) is 6.65. The standard InChI is InChI=1S/C16H34N2/c1-16(2,3)15(17-4)11-12-18(5)13-14-9-7-6-8-10-14/h14-15,17H,6-13H2,1-5H3. The molecule has 0 aliphatic heterocycles. The number of hydrogen-bond acceptors (Lipinski definition) is 2. The van der Waals surface area contributed by atoms with Crippen molar-refractivity contribution in [1.29, 1.82) is 0 Å². The molecule has 0 aromatic carbocycles. The van der Waals surface area contributed by atoms with Crippen LogP contribution >= 0.6 is 0 Å². The van der Waals surface area contributed by atoms with Crippen molar-refractivity contribution < 1.29 is 0 Å². The van der Waals surface area contributed by atoms with E-state index in [2.05, 4.69) is 45.1 Å². The Hall–Kier alpha value is -0.0800. The fraction of sp³-hybridized carbons (Fsp3) is 1.00. The summed E-state index contributed by atoms with van der Waals surface area (Å²) in [5, 5.41) is 3.47. The predicted octanol–water partition coefficient (Wildman–Crippen LogP) is 3.52. The Morgan fingerprint density at radius 3 is 2.28 bits per heavy atom. The molecule has 1 rings (SSSR count). The second-order valence-electron chi connectivity index (χ2n) is 7.26. The third-order valence-electron chi connectivity index (χ3n) is 4.49. The lowest BCUT2D eigenvalue weighted by Gasteiger charge is -2.33. The minimum absolute atomic E-state index is 0.362. The van der Waals surface area contributed by atoms with Crippen molar-refractivity contribution >= 4 is 0 Å². The van der Waals surface area contributed by atoms with E-state index in [0.29, 0.717) is 11.5 Å². The van der Waals surface area contributed by atoms with Crippen LogP contribution in [0.1, 0.15) is 59.3 Å². The lowest BCUT2D eigenvalue weighted by Crippen LogP contribution is -2.41. The van der Waals surface area contributed by atoms with Gasteiger partial charge in [-0.25, -0.2) is 0 Å². The molecular formula is C16H34N2. The summed E-state index contributed by atoms with van der Waals surface area (Å²) in [6.07, 6.45) is 8.55. The van der Waals surface area contributed by atoms with E-state index >= 15 is 0 Å². The van der Waals surface area contributed by atoms with Gasteiger partial charge in [-0.1, -0.05) is 40.0 Å². The first-order valence-corrected chi connectivity index (χ1v) is 7.79. The van der Waals surface area contributed by atoms with Gasteiger partial charge in [0.15, 0.2) is 0 Å². The summed E-state index contributed by atoms with van der Waals surface area (Å²) < 4.78 is 0. The van der Waals surface area contributed by atoms with Gasteiger partial charge in [0.25, 0.3) is 0 Å². The van der Waals surface area contributed by atoms with Gasteiger partial charge in [0.1, 0.15) is 0 Å². The van der Waals surface area contributed by atoms with Crippen molar-refractivity contribution in [3.63, 3.8) is 0 Å². The summed E-state index contributed by atoms with van der Waals surface area (Å²) >= 11 is 0. The maximum absolute atomic E-state index is 3.47. The molecule has 1 N–H and O–H groups in total. The average molecular weight is 254 g/mol. The van der Waals surface area contributed by atoms with Crippen LogP contribution in [0.5, 0.6) is 0 Å². The number of hydrogen-bond donors (Lipinski definition) is 1. The van der Waals surface area contributed by atoms with Gasteiger partial charge in [-0.2, -0.15) is 0 Å².